The summed E-state index contributed by atoms with van der Waals surface area (Å²) in [4.78, 5) is 0. The zero-order chi connectivity index (χ0) is 19.7. The molecule has 0 aliphatic heterocycles. The second-order valence-corrected chi connectivity index (χ2v) is 10.2. The van der Waals surface area contributed by atoms with Crippen molar-refractivity contribution in [3.63, 3.8) is 0 Å². The van der Waals surface area contributed by atoms with Crippen LogP contribution in [0.15, 0.2) is 101 Å². The molecule has 0 amide bonds. The third-order valence-corrected chi connectivity index (χ3v) is 9.13. The summed E-state index contributed by atoms with van der Waals surface area (Å²) in [5.74, 6) is 0.441. The van der Waals surface area contributed by atoms with E-state index in [0.717, 1.165) is 0 Å². The monoisotopic (exact) mass is 379 g/mol. The van der Waals surface area contributed by atoms with Crippen LogP contribution in [-0.2, 0) is 0 Å². The third kappa shape index (κ3) is 3.31. The maximum Gasteiger partial charge on any atom is 0.151 e. The van der Waals surface area contributed by atoms with Crippen LogP contribution >= 0.6 is 0 Å². The van der Waals surface area contributed by atoms with Gasteiger partial charge in [-0.15, -0.1) is 0 Å². The van der Waals surface area contributed by atoms with Gasteiger partial charge in [-0.2, -0.15) is 0 Å². The van der Waals surface area contributed by atoms with Crippen LogP contribution in [0.1, 0.15) is 31.9 Å². The van der Waals surface area contributed by atoms with Crippen molar-refractivity contribution in [2.45, 2.75) is 27.7 Å². The van der Waals surface area contributed by atoms with Crippen molar-refractivity contribution in [3.05, 3.63) is 112 Å². The van der Waals surface area contributed by atoms with Crippen LogP contribution in [0.3, 0.4) is 0 Å². The van der Waals surface area contributed by atoms with E-state index in [1.165, 1.54) is 38.2 Å². The normalized spacial score (nSPS) is 17.0. The highest BCUT2D eigenvalue weighted by atomic mass is 28.3. The summed E-state index contributed by atoms with van der Waals surface area (Å²) < 4.78 is 0. The SMILES string of the molecule is CC1=C(c2cccc(C)c2)C(C)C([Si](c2ccccc2)c2ccccc2)=C1C. The van der Waals surface area contributed by atoms with Gasteiger partial charge in [-0.3, -0.25) is 0 Å². The summed E-state index contributed by atoms with van der Waals surface area (Å²) in [6.45, 7) is 9.24. The quantitative estimate of drug-likeness (QED) is 0.519. The minimum Gasteiger partial charge on any atom is -0.0624 e. The first-order valence-corrected chi connectivity index (χ1v) is 11.5. The van der Waals surface area contributed by atoms with E-state index in [1.54, 1.807) is 5.20 Å². The van der Waals surface area contributed by atoms with Gasteiger partial charge in [0.15, 0.2) is 8.80 Å². The Balaban J connectivity index is 1.85. The van der Waals surface area contributed by atoms with Crippen molar-refractivity contribution in [2.24, 2.45) is 5.92 Å². The Morgan fingerprint density at radius 3 is 1.75 bits per heavy atom. The molecule has 28 heavy (non-hydrogen) atoms. The van der Waals surface area contributed by atoms with E-state index in [0.29, 0.717) is 5.92 Å². The molecule has 1 radical (unpaired) electrons. The molecule has 0 bridgehead atoms. The van der Waals surface area contributed by atoms with Gasteiger partial charge in [-0.1, -0.05) is 119 Å². The summed E-state index contributed by atoms with van der Waals surface area (Å²) in [7, 11) is -1.02. The Hall–Kier alpha value is -2.64. The highest BCUT2D eigenvalue weighted by molar-refractivity contribution is 6.91. The van der Waals surface area contributed by atoms with E-state index >= 15 is 0 Å². The van der Waals surface area contributed by atoms with Crippen molar-refractivity contribution in [1.82, 2.24) is 0 Å². The zero-order valence-electron chi connectivity index (χ0n) is 17.2. The lowest BCUT2D eigenvalue weighted by Gasteiger charge is -2.24. The first-order valence-electron chi connectivity index (χ1n) is 10.0. The Labute approximate surface area is 170 Å². The Morgan fingerprint density at radius 1 is 0.643 bits per heavy atom. The fourth-order valence-electron chi connectivity index (χ4n) is 4.57. The van der Waals surface area contributed by atoms with Crippen LogP contribution in [0, 0.1) is 12.8 Å². The maximum atomic E-state index is 2.41. The standard InChI is InChI=1S/C27H27Si/c1-19-12-11-13-23(18-19)26-20(2)21(3)27(22(26)4)28(24-14-7-5-8-15-24)25-16-9-6-10-17-25/h5-18,22H,1-4H3. The topological polar surface area (TPSA) is 0 Å². The van der Waals surface area contributed by atoms with Crippen LogP contribution in [0.4, 0.5) is 0 Å². The first-order chi connectivity index (χ1) is 13.6. The first kappa shape index (κ1) is 18.7. The molecule has 139 valence electrons. The number of allylic oxidation sites excluding steroid dienone is 4. The molecule has 0 N–H and O–H groups in total. The van der Waals surface area contributed by atoms with Gasteiger partial charge in [-0.05, 0) is 37.5 Å². The largest absolute Gasteiger partial charge is 0.151 e. The molecule has 1 aliphatic rings. The van der Waals surface area contributed by atoms with Crippen molar-refractivity contribution >= 4 is 24.7 Å². The molecule has 3 aromatic rings. The molecule has 0 aromatic heterocycles. The molecule has 0 spiro atoms. The molecule has 3 aromatic carbocycles. The molecule has 0 saturated heterocycles. The molecule has 0 saturated carbocycles. The van der Waals surface area contributed by atoms with Crippen LogP contribution in [-0.4, -0.2) is 8.80 Å². The van der Waals surface area contributed by atoms with E-state index in [2.05, 4.69) is 113 Å². The average molecular weight is 380 g/mol. The van der Waals surface area contributed by atoms with Gasteiger partial charge in [0.2, 0.25) is 0 Å². The minimum atomic E-state index is -1.02. The van der Waals surface area contributed by atoms with Gasteiger partial charge in [0.05, 0.1) is 0 Å². The lowest BCUT2D eigenvalue weighted by Crippen LogP contribution is -2.45. The summed E-state index contributed by atoms with van der Waals surface area (Å²) in [6.07, 6.45) is 0. The van der Waals surface area contributed by atoms with Gasteiger partial charge >= 0.3 is 0 Å². The van der Waals surface area contributed by atoms with Gasteiger partial charge in [0, 0.05) is 5.92 Å². The van der Waals surface area contributed by atoms with Crippen molar-refractivity contribution < 1.29 is 0 Å². The number of rotatable bonds is 4. The molecule has 0 heterocycles. The van der Waals surface area contributed by atoms with Gasteiger partial charge in [0.1, 0.15) is 0 Å². The average Bonchev–Trinajstić information content (AvgIpc) is 2.93. The predicted octanol–water partition coefficient (Wildman–Crippen LogP) is 5.58. The van der Waals surface area contributed by atoms with Crippen LogP contribution < -0.4 is 10.4 Å². The highest BCUT2D eigenvalue weighted by Crippen LogP contribution is 2.43. The lowest BCUT2D eigenvalue weighted by atomic mass is 9.93. The molecule has 1 unspecified atom stereocenters. The molecule has 1 heteroatoms. The second-order valence-electron chi connectivity index (χ2n) is 7.78. The summed E-state index contributed by atoms with van der Waals surface area (Å²) >= 11 is 0. The van der Waals surface area contributed by atoms with E-state index in [9.17, 15) is 0 Å². The smallest absolute Gasteiger partial charge is 0.0624 e. The van der Waals surface area contributed by atoms with Gasteiger partial charge in [0.25, 0.3) is 0 Å². The van der Waals surface area contributed by atoms with Crippen molar-refractivity contribution in [3.8, 4) is 0 Å². The molecule has 1 atom stereocenters. The van der Waals surface area contributed by atoms with Gasteiger partial charge in [-0.25, -0.2) is 0 Å². The van der Waals surface area contributed by atoms with E-state index in [-0.39, 0.29) is 0 Å². The van der Waals surface area contributed by atoms with E-state index in [1.807, 2.05) is 0 Å². The Bertz CT molecular complexity index is 1000. The second kappa shape index (κ2) is 7.77. The Kier molecular flexibility index (Phi) is 5.19. The van der Waals surface area contributed by atoms with E-state index < -0.39 is 8.80 Å². The minimum absolute atomic E-state index is 0.441. The molecule has 0 fully saturated rings. The lowest BCUT2D eigenvalue weighted by molar-refractivity contribution is 0.947. The van der Waals surface area contributed by atoms with Crippen molar-refractivity contribution in [2.75, 3.05) is 0 Å². The number of benzene rings is 3. The van der Waals surface area contributed by atoms with Crippen LogP contribution in [0.25, 0.3) is 5.57 Å². The fraction of sp³-hybridized carbons (Fsp3) is 0.185. The summed E-state index contributed by atoms with van der Waals surface area (Å²) in [6, 6.07) is 31.2. The van der Waals surface area contributed by atoms with E-state index in [4.69, 9.17) is 0 Å². The van der Waals surface area contributed by atoms with Crippen LogP contribution in [0.2, 0.25) is 0 Å². The zero-order valence-corrected chi connectivity index (χ0v) is 18.2. The summed E-state index contributed by atoms with van der Waals surface area (Å²) in [5.41, 5.74) is 7.16. The van der Waals surface area contributed by atoms with Gasteiger partial charge < -0.3 is 0 Å². The summed E-state index contributed by atoms with van der Waals surface area (Å²) in [5, 5.41) is 4.58. The number of aryl methyl sites for hydroxylation is 1. The molecular weight excluding hydrogens is 352 g/mol. The predicted molar refractivity (Wildman–Crippen MR) is 124 cm³/mol. The maximum absolute atomic E-state index is 2.41. The molecule has 0 nitrogen and oxygen atoms in total. The van der Waals surface area contributed by atoms with Crippen LogP contribution in [0.5, 0.6) is 0 Å². The molecular formula is C27H27Si. The highest BCUT2D eigenvalue weighted by Gasteiger charge is 2.34. The molecule has 4 rings (SSSR count). The Morgan fingerprint density at radius 2 is 1.21 bits per heavy atom. The number of hydrogen-bond acceptors (Lipinski definition) is 0. The number of hydrogen-bond donors (Lipinski definition) is 0. The molecule has 1 aliphatic carbocycles. The van der Waals surface area contributed by atoms with Crippen molar-refractivity contribution in [1.29, 1.82) is 0 Å². The fourth-order valence-corrected chi connectivity index (χ4v) is 7.72. The third-order valence-electron chi connectivity index (χ3n) is 5.96.